The third-order valence-corrected chi connectivity index (χ3v) is 3.17. The maximum Gasteiger partial charge on any atom is 0.137 e. The number of nitrogens with zero attached hydrogens (tertiary/aromatic N) is 4. The number of nitrogens with one attached hydrogen (secondary N) is 1. The van der Waals surface area contributed by atoms with E-state index < -0.39 is 0 Å². The molecule has 5 nitrogen and oxygen atoms in total. The van der Waals surface area contributed by atoms with Crippen molar-refractivity contribution in [1.82, 2.24) is 24.3 Å². The third-order valence-electron chi connectivity index (χ3n) is 3.17. The van der Waals surface area contributed by atoms with Crippen LogP contribution < -0.4 is 5.32 Å². The molecule has 0 aromatic carbocycles. The number of pyridine rings is 1. The van der Waals surface area contributed by atoms with E-state index in [0.29, 0.717) is 0 Å². The SMILES string of the molecule is Cn1ccnc1CCNCc1cn2ccccc2n1. The Kier molecular flexibility index (Phi) is 3.29. The summed E-state index contributed by atoms with van der Waals surface area (Å²) in [5, 5.41) is 3.40. The summed E-state index contributed by atoms with van der Waals surface area (Å²) in [6, 6.07) is 6.02. The Morgan fingerprint density at radius 1 is 1.26 bits per heavy atom. The molecule has 0 radical (unpaired) electrons. The molecule has 1 N–H and O–H groups in total. The Hall–Kier alpha value is -2.14. The van der Waals surface area contributed by atoms with Gasteiger partial charge < -0.3 is 14.3 Å². The van der Waals surface area contributed by atoms with E-state index in [4.69, 9.17) is 0 Å². The zero-order valence-electron chi connectivity index (χ0n) is 11.0. The summed E-state index contributed by atoms with van der Waals surface area (Å²) in [4.78, 5) is 8.84. The van der Waals surface area contributed by atoms with E-state index in [-0.39, 0.29) is 0 Å². The quantitative estimate of drug-likeness (QED) is 0.701. The Bertz CT molecular complexity index is 634. The van der Waals surface area contributed by atoms with Gasteiger partial charge in [-0.05, 0) is 12.1 Å². The van der Waals surface area contributed by atoms with Gasteiger partial charge >= 0.3 is 0 Å². The molecular weight excluding hydrogens is 238 g/mol. The number of aryl methyl sites for hydroxylation is 1. The number of hydrogen-bond donors (Lipinski definition) is 1. The van der Waals surface area contributed by atoms with Gasteiger partial charge in [0, 0.05) is 51.3 Å². The van der Waals surface area contributed by atoms with Crippen molar-refractivity contribution in [3.8, 4) is 0 Å². The van der Waals surface area contributed by atoms with Crippen molar-refractivity contribution < 1.29 is 0 Å². The van der Waals surface area contributed by atoms with E-state index in [1.54, 1.807) is 0 Å². The molecular formula is C14H17N5. The lowest BCUT2D eigenvalue weighted by molar-refractivity contribution is 0.648. The second-order valence-electron chi connectivity index (χ2n) is 4.58. The highest BCUT2D eigenvalue weighted by Crippen LogP contribution is 2.04. The summed E-state index contributed by atoms with van der Waals surface area (Å²) >= 11 is 0. The summed E-state index contributed by atoms with van der Waals surface area (Å²) in [5.74, 6) is 1.10. The Morgan fingerprint density at radius 3 is 3.00 bits per heavy atom. The molecule has 0 saturated heterocycles. The second-order valence-corrected chi connectivity index (χ2v) is 4.58. The fourth-order valence-corrected chi connectivity index (χ4v) is 2.13. The summed E-state index contributed by atoms with van der Waals surface area (Å²) in [6.45, 7) is 1.69. The van der Waals surface area contributed by atoms with E-state index in [2.05, 4.69) is 21.5 Å². The van der Waals surface area contributed by atoms with Crippen LogP contribution in [0.5, 0.6) is 0 Å². The first-order valence-electron chi connectivity index (χ1n) is 6.42. The summed E-state index contributed by atoms with van der Waals surface area (Å²) in [7, 11) is 2.02. The lowest BCUT2D eigenvalue weighted by Crippen LogP contribution is -2.18. The van der Waals surface area contributed by atoms with Gasteiger partial charge in [0.1, 0.15) is 11.5 Å². The fraction of sp³-hybridized carbons (Fsp3) is 0.286. The van der Waals surface area contributed by atoms with Crippen LogP contribution in [0.3, 0.4) is 0 Å². The molecule has 3 heterocycles. The van der Waals surface area contributed by atoms with Crippen LogP contribution in [0, 0.1) is 0 Å². The molecule has 0 atom stereocenters. The highest BCUT2D eigenvalue weighted by Gasteiger charge is 2.01. The van der Waals surface area contributed by atoms with E-state index in [9.17, 15) is 0 Å². The molecule has 0 unspecified atom stereocenters. The molecule has 98 valence electrons. The van der Waals surface area contributed by atoms with E-state index in [1.807, 2.05) is 52.8 Å². The first-order chi connectivity index (χ1) is 9.33. The highest BCUT2D eigenvalue weighted by molar-refractivity contribution is 5.39. The monoisotopic (exact) mass is 255 g/mol. The first kappa shape index (κ1) is 11.9. The molecule has 0 aliphatic rings. The number of aromatic nitrogens is 4. The normalized spacial score (nSPS) is 11.2. The molecule has 3 rings (SSSR count). The topological polar surface area (TPSA) is 47.2 Å². The van der Waals surface area contributed by atoms with Crippen LogP contribution in [0.15, 0.2) is 43.0 Å². The molecule has 3 aromatic heterocycles. The van der Waals surface area contributed by atoms with E-state index in [1.165, 1.54) is 0 Å². The smallest absolute Gasteiger partial charge is 0.137 e. The van der Waals surface area contributed by atoms with Gasteiger partial charge in [-0.3, -0.25) is 0 Å². The average molecular weight is 255 g/mol. The van der Waals surface area contributed by atoms with Crippen molar-refractivity contribution in [3.63, 3.8) is 0 Å². The zero-order chi connectivity index (χ0) is 13.1. The Labute approximate surface area is 111 Å². The minimum atomic E-state index is 0.784. The zero-order valence-corrected chi connectivity index (χ0v) is 11.0. The van der Waals surface area contributed by atoms with Crippen LogP contribution in [0.25, 0.3) is 5.65 Å². The lowest BCUT2D eigenvalue weighted by Gasteiger charge is -2.03. The Morgan fingerprint density at radius 2 is 2.21 bits per heavy atom. The van der Waals surface area contributed by atoms with Crippen LogP contribution in [0.2, 0.25) is 0 Å². The fourth-order valence-electron chi connectivity index (χ4n) is 2.13. The van der Waals surface area contributed by atoms with Gasteiger partial charge in [0.15, 0.2) is 0 Å². The standard InChI is InChI=1S/C14H17N5/c1-18-9-7-16-13(18)5-6-15-10-12-11-19-8-3-2-4-14(19)17-12/h2-4,7-9,11,15H,5-6,10H2,1H3. The van der Waals surface area contributed by atoms with Gasteiger partial charge in [0.05, 0.1) is 5.69 Å². The first-order valence-corrected chi connectivity index (χ1v) is 6.42. The number of fused-ring (bicyclic) bond motifs is 1. The van der Waals surface area contributed by atoms with E-state index in [0.717, 1.165) is 36.7 Å². The highest BCUT2D eigenvalue weighted by atomic mass is 15.0. The summed E-state index contributed by atoms with van der Waals surface area (Å²) in [6.07, 6.45) is 8.80. The summed E-state index contributed by atoms with van der Waals surface area (Å²) < 4.78 is 4.09. The van der Waals surface area contributed by atoms with Gasteiger partial charge in [-0.15, -0.1) is 0 Å². The minimum absolute atomic E-state index is 0.784. The molecule has 0 bridgehead atoms. The molecule has 0 spiro atoms. The van der Waals surface area contributed by atoms with Gasteiger partial charge in [0.25, 0.3) is 0 Å². The van der Waals surface area contributed by atoms with Crippen molar-refractivity contribution >= 4 is 5.65 Å². The lowest BCUT2D eigenvalue weighted by atomic mass is 10.4. The van der Waals surface area contributed by atoms with Crippen LogP contribution in [0.4, 0.5) is 0 Å². The second kappa shape index (κ2) is 5.24. The van der Waals surface area contributed by atoms with Gasteiger partial charge in [-0.2, -0.15) is 0 Å². The molecule has 3 aromatic rings. The maximum atomic E-state index is 4.54. The van der Waals surface area contributed by atoms with Crippen LogP contribution in [-0.4, -0.2) is 25.5 Å². The molecule has 5 heteroatoms. The van der Waals surface area contributed by atoms with Crippen LogP contribution in [0.1, 0.15) is 11.5 Å². The van der Waals surface area contributed by atoms with Crippen molar-refractivity contribution in [2.24, 2.45) is 7.05 Å². The molecule has 19 heavy (non-hydrogen) atoms. The van der Waals surface area contributed by atoms with E-state index >= 15 is 0 Å². The van der Waals surface area contributed by atoms with Gasteiger partial charge in [-0.1, -0.05) is 6.07 Å². The molecule has 0 saturated carbocycles. The molecule has 0 amide bonds. The number of rotatable bonds is 5. The third kappa shape index (κ3) is 2.66. The predicted molar refractivity (Wildman–Crippen MR) is 73.8 cm³/mol. The van der Waals surface area contributed by atoms with Gasteiger partial charge in [0.2, 0.25) is 0 Å². The molecule has 0 aliphatic heterocycles. The summed E-state index contributed by atoms with van der Waals surface area (Å²) in [5.41, 5.74) is 2.05. The van der Waals surface area contributed by atoms with Crippen molar-refractivity contribution in [1.29, 1.82) is 0 Å². The van der Waals surface area contributed by atoms with Crippen LogP contribution in [-0.2, 0) is 20.0 Å². The largest absolute Gasteiger partial charge is 0.338 e. The number of imidazole rings is 2. The van der Waals surface area contributed by atoms with Crippen molar-refractivity contribution in [2.45, 2.75) is 13.0 Å². The predicted octanol–water partition coefficient (Wildman–Crippen LogP) is 1.40. The van der Waals surface area contributed by atoms with Gasteiger partial charge in [-0.25, -0.2) is 9.97 Å². The minimum Gasteiger partial charge on any atom is -0.338 e. The van der Waals surface area contributed by atoms with Crippen LogP contribution >= 0.6 is 0 Å². The molecule has 0 aliphatic carbocycles. The van der Waals surface area contributed by atoms with Crippen molar-refractivity contribution in [2.75, 3.05) is 6.54 Å². The average Bonchev–Trinajstić information content (AvgIpc) is 3.00. The van der Waals surface area contributed by atoms with Crippen molar-refractivity contribution in [3.05, 3.63) is 54.5 Å². The number of hydrogen-bond acceptors (Lipinski definition) is 3. The Balaban J connectivity index is 1.53. The maximum absolute atomic E-state index is 4.54. The molecule has 0 fully saturated rings.